The zero-order valence-electron chi connectivity index (χ0n) is 17.0. The van der Waals surface area contributed by atoms with Gasteiger partial charge in [-0.3, -0.25) is 23.9 Å². The van der Waals surface area contributed by atoms with Crippen molar-refractivity contribution in [3.05, 3.63) is 116 Å². The summed E-state index contributed by atoms with van der Waals surface area (Å²) < 4.78 is 17.0. The zero-order chi connectivity index (χ0) is 22.7. The van der Waals surface area contributed by atoms with Crippen molar-refractivity contribution in [1.82, 2.24) is 14.6 Å². The second kappa shape index (κ2) is 8.99. The van der Waals surface area contributed by atoms with E-state index in [9.17, 15) is 18.8 Å². The number of halogens is 1. The van der Waals surface area contributed by atoms with Gasteiger partial charge in [0.2, 0.25) is 0 Å². The molecular formula is C24H20FN3O4. The Labute approximate surface area is 181 Å². The average molecular weight is 433 g/mol. The Balaban J connectivity index is 1.77. The topological polar surface area (TPSA) is 93.3 Å². The summed E-state index contributed by atoms with van der Waals surface area (Å²) in [7, 11) is 0. The standard InChI is InChI=1S/C24H20FN3O4/c25-20-14-17(10-11-18(20)22(29)26-32)15-28-21-9-5-4-8-19(21)23(30)27(24(28)31)13-12-16-6-2-1-3-7-16/h1-11,14,32H,12-13,15H2,(H,26,29). The van der Waals surface area contributed by atoms with Gasteiger partial charge in [-0.1, -0.05) is 48.5 Å². The van der Waals surface area contributed by atoms with Crippen molar-refractivity contribution in [1.29, 1.82) is 0 Å². The molecule has 0 aliphatic rings. The second-order valence-electron chi connectivity index (χ2n) is 7.33. The number of para-hydroxylation sites is 1. The van der Waals surface area contributed by atoms with Gasteiger partial charge >= 0.3 is 5.69 Å². The van der Waals surface area contributed by atoms with Gasteiger partial charge in [-0.15, -0.1) is 0 Å². The second-order valence-corrected chi connectivity index (χ2v) is 7.33. The minimum atomic E-state index is -0.967. The maximum atomic E-state index is 14.3. The lowest BCUT2D eigenvalue weighted by Gasteiger charge is -2.15. The first kappa shape index (κ1) is 21.2. The van der Waals surface area contributed by atoms with Crippen molar-refractivity contribution in [2.75, 3.05) is 0 Å². The number of nitrogens with zero attached hydrogens (tertiary/aromatic N) is 2. The summed E-state index contributed by atoms with van der Waals surface area (Å²) in [5.41, 5.74) is 2.07. The van der Waals surface area contributed by atoms with Gasteiger partial charge in [-0.2, -0.15) is 0 Å². The van der Waals surface area contributed by atoms with Crippen LogP contribution in [-0.2, 0) is 19.5 Å². The maximum absolute atomic E-state index is 14.3. The molecule has 32 heavy (non-hydrogen) atoms. The quantitative estimate of drug-likeness (QED) is 0.361. The van der Waals surface area contributed by atoms with Crippen LogP contribution in [0.1, 0.15) is 21.5 Å². The lowest BCUT2D eigenvalue weighted by Crippen LogP contribution is -2.40. The van der Waals surface area contributed by atoms with Gasteiger partial charge in [0, 0.05) is 6.54 Å². The third-order valence-electron chi connectivity index (χ3n) is 5.32. The van der Waals surface area contributed by atoms with Gasteiger partial charge in [0.25, 0.3) is 11.5 Å². The summed E-state index contributed by atoms with van der Waals surface area (Å²) >= 11 is 0. The molecule has 0 atom stereocenters. The van der Waals surface area contributed by atoms with Crippen LogP contribution in [0.4, 0.5) is 4.39 Å². The highest BCUT2D eigenvalue weighted by atomic mass is 19.1. The highest BCUT2D eigenvalue weighted by Crippen LogP contribution is 2.14. The molecule has 0 saturated carbocycles. The van der Waals surface area contributed by atoms with Crippen molar-refractivity contribution >= 4 is 16.8 Å². The lowest BCUT2D eigenvalue weighted by atomic mass is 10.1. The number of rotatable bonds is 6. The predicted octanol–water partition coefficient (Wildman–Crippen LogP) is 2.71. The van der Waals surface area contributed by atoms with E-state index < -0.39 is 17.4 Å². The summed E-state index contributed by atoms with van der Waals surface area (Å²) in [5.74, 6) is -1.80. The number of amides is 1. The van der Waals surface area contributed by atoms with Crippen LogP contribution in [0.15, 0.2) is 82.4 Å². The Hall–Kier alpha value is -4.04. The maximum Gasteiger partial charge on any atom is 0.331 e. The Kier molecular flexibility index (Phi) is 5.96. The van der Waals surface area contributed by atoms with Crippen molar-refractivity contribution in [2.24, 2.45) is 0 Å². The van der Waals surface area contributed by atoms with Gasteiger partial charge in [0.1, 0.15) is 5.82 Å². The summed E-state index contributed by atoms with van der Waals surface area (Å²) in [6.07, 6.45) is 0.508. The Morgan fingerprint density at radius 1 is 0.906 bits per heavy atom. The third kappa shape index (κ3) is 4.08. The van der Waals surface area contributed by atoms with E-state index in [0.29, 0.717) is 22.9 Å². The Morgan fingerprint density at radius 3 is 2.34 bits per heavy atom. The molecule has 0 saturated heterocycles. The fourth-order valence-electron chi connectivity index (χ4n) is 3.69. The first-order valence-corrected chi connectivity index (χ1v) is 9.99. The molecule has 1 amide bonds. The average Bonchev–Trinajstić information content (AvgIpc) is 2.82. The van der Waals surface area contributed by atoms with E-state index in [0.717, 1.165) is 11.6 Å². The van der Waals surface area contributed by atoms with E-state index in [1.165, 1.54) is 26.7 Å². The molecule has 3 aromatic carbocycles. The van der Waals surface area contributed by atoms with E-state index in [4.69, 9.17) is 5.21 Å². The highest BCUT2D eigenvalue weighted by Gasteiger charge is 2.15. The van der Waals surface area contributed by atoms with Crippen molar-refractivity contribution in [2.45, 2.75) is 19.5 Å². The monoisotopic (exact) mass is 433 g/mol. The van der Waals surface area contributed by atoms with Crippen LogP contribution >= 0.6 is 0 Å². The smallest absolute Gasteiger partial charge is 0.289 e. The summed E-state index contributed by atoms with van der Waals surface area (Å²) in [5, 5.41) is 9.10. The van der Waals surface area contributed by atoms with Gasteiger partial charge in [-0.05, 0) is 41.8 Å². The number of hydroxylamine groups is 1. The molecule has 2 N–H and O–H groups in total. The van der Waals surface area contributed by atoms with Crippen LogP contribution in [0.2, 0.25) is 0 Å². The van der Waals surface area contributed by atoms with Gasteiger partial charge in [0.15, 0.2) is 0 Å². The van der Waals surface area contributed by atoms with E-state index in [1.807, 2.05) is 30.3 Å². The van der Waals surface area contributed by atoms with Gasteiger partial charge in [0.05, 0.1) is 23.0 Å². The first-order valence-electron chi connectivity index (χ1n) is 9.99. The van der Waals surface area contributed by atoms with Crippen LogP contribution < -0.4 is 16.7 Å². The molecule has 0 unspecified atom stereocenters. The molecule has 0 fully saturated rings. The van der Waals surface area contributed by atoms with Crippen LogP contribution in [0.25, 0.3) is 10.9 Å². The fourth-order valence-corrected chi connectivity index (χ4v) is 3.69. The molecule has 0 bridgehead atoms. The molecule has 7 nitrogen and oxygen atoms in total. The molecule has 0 radical (unpaired) electrons. The van der Waals surface area contributed by atoms with Crippen molar-refractivity contribution in [3.63, 3.8) is 0 Å². The molecular weight excluding hydrogens is 413 g/mol. The van der Waals surface area contributed by atoms with Crippen molar-refractivity contribution in [3.8, 4) is 0 Å². The van der Waals surface area contributed by atoms with E-state index >= 15 is 0 Å². The van der Waals surface area contributed by atoms with Gasteiger partial charge < -0.3 is 0 Å². The third-order valence-corrected chi connectivity index (χ3v) is 5.32. The predicted molar refractivity (Wildman–Crippen MR) is 117 cm³/mol. The number of aryl methyl sites for hydroxylation is 1. The molecule has 0 aliphatic heterocycles. The minimum Gasteiger partial charge on any atom is -0.289 e. The normalized spacial score (nSPS) is 10.9. The zero-order valence-corrected chi connectivity index (χ0v) is 17.0. The molecule has 0 aliphatic carbocycles. The fraction of sp³-hybridized carbons (Fsp3) is 0.125. The molecule has 4 aromatic rings. The minimum absolute atomic E-state index is 0.00288. The molecule has 1 heterocycles. The molecule has 1 aromatic heterocycles. The number of hydrogen-bond acceptors (Lipinski definition) is 4. The number of aromatic nitrogens is 2. The number of carbonyl (C=O) groups excluding carboxylic acids is 1. The lowest BCUT2D eigenvalue weighted by molar-refractivity contribution is 0.0702. The summed E-state index contributed by atoms with van der Waals surface area (Å²) in [4.78, 5) is 37.8. The number of fused-ring (bicyclic) bond motifs is 1. The summed E-state index contributed by atoms with van der Waals surface area (Å²) in [6.45, 7) is 0.208. The molecule has 4 rings (SSSR count). The van der Waals surface area contributed by atoms with Crippen LogP contribution in [0.3, 0.4) is 0 Å². The summed E-state index contributed by atoms with van der Waals surface area (Å²) in [6, 6.07) is 20.2. The number of carbonyl (C=O) groups is 1. The number of hydrogen-bond donors (Lipinski definition) is 2. The first-order chi connectivity index (χ1) is 15.5. The molecule has 162 valence electrons. The van der Waals surface area contributed by atoms with Crippen molar-refractivity contribution < 1.29 is 14.4 Å². The van der Waals surface area contributed by atoms with E-state index in [-0.39, 0.29) is 24.2 Å². The van der Waals surface area contributed by atoms with Crippen LogP contribution in [0.5, 0.6) is 0 Å². The highest BCUT2D eigenvalue weighted by molar-refractivity contribution is 5.93. The van der Waals surface area contributed by atoms with Crippen LogP contribution in [0, 0.1) is 5.82 Å². The molecule has 0 spiro atoms. The largest absolute Gasteiger partial charge is 0.331 e. The number of benzene rings is 3. The Bertz CT molecular complexity index is 1410. The Morgan fingerprint density at radius 2 is 1.62 bits per heavy atom. The molecule has 8 heteroatoms. The van der Waals surface area contributed by atoms with Gasteiger partial charge in [-0.25, -0.2) is 14.7 Å². The van der Waals surface area contributed by atoms with E-state index in [1.54, 1.807) is 24.3 Å². The SMILES string of the molecule is O=C(NO)c1ccc(Cn2c(=O)n(CCc3ccccc3)c(=O)c3ccccc32)cc1F. The van der Waals surface area contributed by atoms with Crippen LogP contribution in [-0.4, -0.2) is 20.2 Å². The van der Waals surface area contributed by atoms with E-state index in [2.05, 4.69) is 0 Å². The number of nitrogens with one attached hydrogen (secondary N) is 1.